The number of nitrogens with zero attached hydrogens (tertiary/aromatic N) is 1. The van der Waals surface area contributed by atoms with Crippen LogP contribution in [0.3, 0.4) is 0 Å². The summed E-state index contributed by atoms with van der Waals surface area (Å²) < 4.78 is 32.0. The molecule has 1 fully saturated rings. The Morgan fingerprint density at radius 3 is 2.44 bits per heavy atom. The van der Waals surface area contributed by atoms with Crippen molar-refractivity contribution in [1.82, 2.24) is 4.90 Å². The van der Waals surface area contributed by atoms with Crippen LogP contribution in [0.15, 0.2) is 0 Å². The van der Waals surface area contributed by atoms with E-state index in [2.05, 4.69) is 4.74 Å². The molecule has 1 amide bonds. The van der Waals surface area contributed by atoms with E-state index in [1.807, 2.05) is 0 Å². The molecule has 0 aromatic carbocycles. The van der Waals surface area contributed by atoms with Crippen molar-refractivity contribution in [3.63, 3.8) is 0 Å². The Morgan fingerprint density at radius 2 is 2.00 bits per heavy atom. The summed E-state index contributed by atoms with van der Waals surface area (Å²) in [6.07, 6.45) is 0.342. The third-order valence-electron chi connectivity index (χ3n) is 2.76. The van der Waals surface area contributed by atoms with E-state index in [1.54, 1.807) is 0 Å². The fraction of sp³-hybridized carbons (Fsp3) is 0.800. The zero-order chi connectivity index (χ0) is 13.8. The molecule has 0 radical (unpaired) electrons. The lowest BCUT2D eigenvalue weighted by Gasteiger charge is -2.26. The average Bonchev–Trinajstić information content (AvgIpc) is 2.66. The summed E-state index contributed by atoms with van der Waals surface area (Å²) in [5, 5.41) is 0. The van der Waals surface area contributed by atoms with Crippen LogP contribution in [0.4, 0.5) is 0 Å². The Balaban J connectivity index is 2.77. The first-order valence-corrected chi connectivity index (χ1v) is 7.27. The summed E-state index contributed by atoms with van der Waals surface area (Å²) in [6, 6.07) is -0.475. The van der Waals surface area contributed by atoms with Crippen molar-refractivity contribution in [2.45, 2.75) is 12.5 Å². The quantitative estimate of drug-likeness (QED) is 0.589. The molecule has 7 nitrogen and oxygen atoms in total. The van der Waals surface area contributed by atoms with Crippen LogP contribution in [0.5, 0.6) is 0 Å². The lowest BCUT2D eigenvalue weighted by molar-refractivity contribution is -0.149. The molecule has 0 bridgehead atoms. The van der Waals surface area contributed by atoms with Gasteiger partial charge in [-0.2, -0.15) is 0 Å². The fourth-order valence-electron chi connectivity index (χ4n) is 1.85. The molecule has 0 aliphatic carbocycles. The second kappa shape index (κ2) is 6.14. The van der Waals surface area contributed by atoms with Crippen molar-refractivity contribution in [1.29, 1.82) is 0 Å². The predicted octanol–water partition coefficient (Wildman–Crippen LogP) is -1.18. The summed E-state index contributed by atoms with van der Waals surface area (Å²) in [6.45, 7) is -0.438. The molecule has 0 spiro atoms. The van der Waals surface area contributed by atoms with Gasteiger partial charge in [0.15, 0.2) is 9.84 Å². The first-order valence-electron chi connectivity index (χ1n) is 5.45. The van der Waals surface area contributed by atoms with Crippen LogP contribution in [0, 0.1) is 0 Å². The Labute approximate surface area is 106 Å². The number of carbonyl (C=O) groups is 2. The third kappa shape index (κ3) is 3.95. The summed E-state index contributed by atoms with van der Waals surface area (Å²) >= 11 is 0. The molecule has 0 N–H and O–H groups in total. The van der Waals surface area contributed by atoms with E-state index in [4.69, 9.17) is 4.74 Å². The van der Waals surface area contributed by atoms with Gasteiger partial charge in [-0.25, -0.2) is 8.42 Å². The van der Waals surface area contributed by atoms with E-state index in [0.717, 1.165) is 0 Å². The third-order valence-corrected chi connectivity index (χ3v) is 4.51. The monoisotopic (exact) mass is 279 g/mol. The van der Waals surface area contributed by atoms with E-state index in [0.29, 0.717) is 6.42 Å². The fourth-order valence-corrected chi connectivity index (χ4v) is 3.58. The van der Waals surface area contributed by atoms with Crippen LogP contribution in [-0.2, 0) is 28.9 Å². The van der Waals surface area contributed by atoms with E-state index in [9.17, 15) is 18.0 Å². The van der Waals surface area contributed by atoms with Gasteiger partial charge in [-0.15, -0.1) is 0 Å². The first kappa shape index (κ1) is 14.9. The summed E-state index contributed by atoms with van der Waals surface area (Å²) in [5.41, 5.74) is 0. The standard InChI is InChI=1S/C10H17NO6S/c1-16-6-9(12)11(5-10(13)17-2)8-3-4-18(14,15)7-8/h8H,3-7H2,1-2H3. The van der Waals surface area contributed by atoms with Gasteiger partial charge in [0, 0.05) is 13.2 Å². The number of hydrogen-bond acceptors (Lipinski definition) is 6. The Morgan fingerprint density at radius 1 is 1.33 bits per heavy atom. The SMILES string of the molecule is COCC(=O)N(CC(=O)OC)C1CCS(=O)(=O)C1. The van der Waals surface area contributed by atoms with Gasteiger partial charge in [-0.3, -0.25) is 9.59 Å². The molecule has 1 aliphatic rings. The van der Waals surface area contributed by atoms with E-state index in [-0.39, 0.29) is 24.7 Å². The molecule has 8 heteroatoms. The van der Waals surface area contributed by atoms with Crippen molar-refractivity contribution >= 4 is 21.7 Å². The second-order valence-electron chi connectivity index (χ2n) is 4.09. The maximum Gasteiger partial charge on any atom is 0.325 e. The maximum absolute atomic E-state index is 11.8. The number of esters is 1. The van der Waals surface area contributed by atoms with Crippen molar-refractivity contribution in [2.75, 3.05) is 38.9 Å². The van der Waals surface area contributed by atoms with E-state index < -0.39 is 27.8 Å². The number of hydrogen-bond donors (Lipinski definition) is 0. The predicted molar refractivity (Wildman–Crippen MR) is 62.7 cm³/mol. The molecule has 18 heavy (non-hydrogen) atoms. The van der Waals surface area contributed by atoms with Gasteiger partial charge in [0.05, 0.1) is 18.6 Å². The molecule has 0 aromatic heterocycles. The number of sulfone groups is 1. The maximum atomic E-state index is 11.8. The van der Waals surface area contributed by atoms with E-state index >= 15 is 0 Å². The smallest absolute Gasteiger partial charge is 0.325 e. The number of methoxy groups -OCH3 is 2. The van der Waals surface area contributed by atoms with Gasteiger partial charge in [0.1, 0.15) is 13.2 Å². The minimum absolute atomic E-state index is 0.0373. The van der Waals surface area contributed by atoms with Crippen LogP contribution >= 0.6 is 0 Å². The molecule has 1 heterocycles. The van der Waals surface area contributed by atoms with Crippen molar-refractivity contribution < 1.29 is 27.5 Å². The average molecular weight is 279 g/mol. The number of amides is 1. The molecule has 104 valence electrons. The summed E-state index contributed by atoms with van der Waals surface area (Å²) in [4.78, 5) is 24.3. The molecule has 0 aromatic rings. The Bertz CT molecular complexity index is 418. The molecule has 1 rings (SSSR count). The van der Waals surface area contributed by atoms with Crippen LogP contribution in [0.25, 0.3) is 0 Å². The van der Waals surface area contributed by atoms with Gasteiger partial charge >= 0.3 is 5.97 Å². The highest BCUT2D eigenvalue weighted by Crippen LogP contribution is 2.18. The molecule has 1 aliphatic heterocycles. The second-order valence-corrected chi connectivity index (χ2v) is 6.32. The normalized spacial score (nSPS) is 21.6. The van der Waals surface area contributed by atoms with Crippen LogP contribution in [0.1, 0.15) is 6.42 Å². The van der Waals surface area contributed by atoms with Crippen LogP contribution < -0.4 is 0 Å². The Kier molecular flexibility index (Phi) is 5.09. The zero-order valence-electron chi connectivity index (χ0n) is 10.4. The zero-order valence-corrected chi connectivity index (χ0v) is 11.2. The van der Waals surface area contributed by atoms with Crippen molar-refractivity contribution in [3.05, 3.63) is 0 Å². The number of rotatable bonds is 5. The van der Waals surface area contributed by atoms with Crippen LogP contribution in [-0.4, -0.2) is 70.1 Å². The molecule has 1 unspecified atom stereocenters. The van der Waals surface area contributed by atoms with Gasteiger partial charge in [0.25, 0.3) is 0 Å². The van der Waals surface area contributed by atoms with Crippen molar-refractivity contribution in [3.8, 4) is 0 Å². The molecule has 0 saturated carbocycles. The largest absolute Gasteiger partial charge is 0.468 e. The number of ether oxygens (including phenoxy) is 2. The molecular weight excluding hydrogens is 262 g/mol. The lowest BCUT2D eigenvalue weighted by atomic mass is 10.2. The van der Waals surface area contributed by atoms with Gasteiger partial charge < -0.3 is 14.4 Å². The van der Waals surface area contributed by atoms with Gasteiger partial charge in [-0.1, -0.05) is 0 Å². The van der Waals surface area contributed by atoms with Gasteiger partial charge in [-0.05, 0) is 6.42 Å². The topological polar surface area (TPSA) is 90.0 Å². The van der Waals surface area contributed by atoms with Crippen LogP contribution in [0.2, 0.25) is 0 Å². The minimum Gasteiger partial charge on any atom is -0.468 e. The highest BCUT2D eigenvalue weighted by Gasteiger charge is 2.35. The summed E-state index contributed by atoms with van der Waals surface area (Å²) in [7, 11) is -0.543. The number of carbonyl (C=O) groups excluding carboxylic acids is 2. The Hall–Kier alpha value is -1.15. The molecular formula is C10H17NO6S. The molecule has 1 saturated heterocycles. The summed E-state index contributed by atoms with van der Waals surface area (Å²) in [5.74, 6) is -1.07. The van der Waals surface area contributed by atoms with E-state index in [1.165, 1.54) is 19.1 Å². The lowest BCUT2D eigenvalue weighted by Crippen LogP contribution is -2.46. The highest BCUT2D eigenvalue weighted by atomic mass is 32.2. The minimum atomic E-state index is -3.12. The highest BCUT2D eigenvalue weighted by molar-refractivity contribution is 7.91. The van der Waals surface area contributed by atoms with Gasteiger partial charge in [0.2, 0.25) is 5.91 Å². The first-order chi connectivity index (χ1) is 8.39. The molecule has 1 atom stereocenters. The van der Waals surface area contributed by atoms with Crippen molar-refractivity contribution in [2.24, 2.45) is 0 Å².